The molecule has 2 aliphatic heterocycles. The topological polar surface area (TPSA) is 49.9 Å². The third kappa shape index (κ3) is 4.67. The summed E-state index contributed by atoms with van der Waals surface area (Å²) in [5.41, 5.74) is 3.82. The lowest BCUT2D eigenvalue weighted by molar-refractivity contribution is -0.143. The van der Waals surface area contributed by atoms with Crippen LogP contribution in [-0.4, -0.2) is 55.0 Å². The molecule has 1 amide bonds. The van der Waals surface area contributed by atoms with E-state index in [1.165, 1.54) is 23.8 Å². The van der Waals surface area contributed by atoms with Crippen LogP contribution in [-0.2, 0) is 20.9 Å². The second kappa shape index (κ2) is 8.78. The zero-order valence-electron chi connectivity index (χ0n) is 16.9. The van der Waals surface area contributed by atoms with Gasteiger partial charge in [0.25, 0.3) is 0 Å². The molecule has 0 N–H and O–H groups in total. The van der Waals surface area contributed by atoms with Crippen molar-refractivity contribution < 1.29 is 14.3 Å². The quantitative estimate of drug-likeness (QED) is 0.709. The minimum atomic E-state index is -0.317. The maximum Gasteiger partial charge on any atom is 0.306 e. The molecule has 2 aromatic carbocycles. The molecule has 2 fully saturated rings. The van der Waals surface area contributed by atoms with Crippen LogP contribution in [0.15, 0.2) is 54.6 Å². The van der Waals surface area contributed by atoms with Crippen LogP contribution in [0.1, 0.15) is 18.4 Å². The molecule has 2 aromatic rings. The molecule has 4 rings (SSSR count). The Kier molecular flexibility index (Phi) is 5.95. The molecule has 0 spiro atoms. The number of esters is 1. The van der Waals surface area contributed by atoms with Crippen molar-refractivity contribution in [3.05, 3.63) is 60.2 Å². The maximum atomic E-state index is 12.3. The van der Waals surface area contributed by atoms with Gasteiger partial charge in [-0.1, -0.05) is 54.6 Å². The van der Waals surface area contributed by atoms with Crippen LogP contribution in [0.2, 0.25) is 0 Å². The predicted molar refractivity (Wildman–Crippen MR) is 112 cm³/mol. The molecular weight excluding hydrogens is 364 g/mol. The van der Waals surface area contributed by atoms with Gasteiger partial charge in [-0.25, -0.2) is 0 Å². The van der Waals surface area contributed by atoms with E-state index in [-0.39, 0.29) is 24.7 Å². The summed E-state index contributed by atoms with van der Waals surface area (Å²) in [6.07, 6.45) is 0.426. The van der Waals surface area contributed by atoms with Gasteiger partial charge in [-0.2, -0.15) is 0 Å². The molecule has 2 aliphatic rings. The van der Waals surface area contributed by atoms with Crippen molar-refractivity contribution in [2.75, 3.05) is 33.3 Å². The van der Waals surface area contributed by atoms with Crippen molar-refractivity contribution in [1.29, 1.82) is 0 Å². The van der Waals surface area contributed by atoms with Crippen LogP contribution in [0.3, 0.4) is 0 Å². The Morgan fingerprint density at radius 1 is 0.862 bits per heavy atom. The van der Waals surface area contributed by atoms with Crippen molar-refractivity contribution in [3.63, 3.8) is 0 Å². The molecule has 5 heteroatoms. The average Bonchev–Trinajstić information content (AvgIpc) is 3.31. The molecule has 0 radical (unpaired) electrons. The number of carbonyl (C=O) groups excluding carboxylic acids is 2. The van der Waals surface area contributed by atoms with Gasteiger partial charge in [-0.05, 0) is 28.5 Å². The van der Waals surface area contributed by atoms with Gasteiger partial charge in [0.1, 0.15) is 0 Å². The number of nitrogens with zero attached hydrogens (tertiary/aromatic N) is 2. The summed E-state index contributed by atoms with van der Waals surface area (Å²) in [7, 11) is 1.36. The molecular formula is C24H28N2O3. The molecule has 152 valence electrons. The Morgan fingerprint density at radius 3 is 2.10 bits per heavy atom. The monoisotopic (exact) mass is 392 g/mol. The highest BCUT2D eigenvalue weighted by Gasteiger charge is 2.41. The molecule has 2 unspecified atom stereocenters. The van der Waals surface area contributed by atoms with E-state index in [0.717, 1.165) is 32.7 Å². The molecule has 0 bridgehead atoms. The first-order valence-corrected chi connectivity index (χ1v) is 10.3. The Morgan fingerprint density at radius 2 is 1.48 bits per heavy atom. The van der Waals surface area contributed by atoms with Crippen LogP contribution in [0.5, 0.6) is 0 Å². The summed E-state index contributed by atoms with van der Waals surface area (Å²) in [5, 5.41) is 0. The molecule has 5 nitrogen and oxygen atoms in total. The first kappa shape index (κ1) is 19.6. The van der Waals surface area contributed by atoms with E-state index in [9.17, 15) is 9.59 Å². The zero-order chi connectivity index (χ0) is 20.2. The van der Waals surface area contributed by atoms with Crippen molar-refractivity contribution in [2.24, 2.45) is 11.8 Å². The van der Waals surface area contributed by atoms with E-state index in [1.807, 2.05) is 11.0 Å². The summed E-state index contributed by atoms with van der Waals surface area (Å²) >= 11 is 0. The van der Waals surface area contributed by atoms with Crippen molar-refractivity contribution in [1.82, 2.24) is 9.80 Å². The Bertz CT molecular complexity index is 836. The average molecular weight is 392 g/mol. The van der Waals surface area contributed by atoms with Gasteiger partial charge < -0.3 is 9.64 Å². The lowest BCUT2D eigenvalue weighted by Gasteiger charge is -2.21. The molecule has 2 heterocycles. The fourth-order valence-corrected chi connectivity index (χ4v) is 4.58. The molecule has 2 saturated heterocycles. The van der Waals surface area contributed by atoms with Gasteiger partial charge in [0.15, 0.2) is 0 Å². The molecule has 29 heavy (non-hydrogen) atoms. The standard InChI is InChI=1S/C24H28N2O3/c1-29-24(28)12-11-23(27)26-16-21-14-25(15-22(21)17-26)13-18-7-9-20(10-8-18)19-5-3-2-4-6-19/h2-10,21-22H,11-17H2,1H3. The highest BCUT2D eigenvalue weighted by molar-refractivity contribution is 5.81. The van der Waals surface area contributed by atoms with E-state index < -0.39 is 0 Å². The Balaban J connectivity index is 1.27. The predicted octanol–water partition coefficient (Wildman–Crippen LogP) is 3.20. The number of rotatable bonds is 6. The molecule has 2 atom stereocenters. The van der Waals surface area contributed by atoms with E-state index in [2.05, 4.69) is 58.2 Å². The largest absolute Gasteiger partial charge is 0.469 e. The van der Waals surface area contributed by atoms with Crippen LogP contribution in [0.25, 0.3) is 11.1 Å². The fraction of sp³-hybridized carbons (Fsp3) is 0.417. The lowest BCUT2D eigenvalue weighted by Crippen LogP contribution is -2.33. The van der Waals surface area contributed by atoms with Crippen molar-refractivity contribution in [3.8, 4) is 11.1 Å². The maximum absolute atomic E-state index is 12.3. The third-order valence-electron chi connectivity index (χ3n) is 6.15. The highest BCUT2D eigenvalue weighted by Crippen LogP contribution is 2.32. The molecule has 0 saturated carbocycles. The normalized spacial score (nSPS) is 21.2. The fourth-order valence-electron chi connectivity index (χ4n) is 4.58. The van der Waals surface area contributed by atoms with E-state index >= 15 is 0 Å². The number of hydrogen-bond donors (Lipinski definition) is 0. The number of carbonyl (C=O) groups is 2. The minimum Gasteiger partial charge on any atom is -0.469 e. The lowest BCUT2D eigenvalue weighted by atomic mass is 10.0. The number of fused-ring (bicyclic) bond motifs is 1. The minimum absolute atomic E-state index is 0.0767. The summed E-state index contributed by atoms with van der Waals surface area (Å²) in [5.74, 6) is 0.844. The first-order chi connectivity index (χ1) is 14.1. The van der Waals surface area contributed by atoms with Gasteiger partial charge >= 0.3 is 5.97 Å². The third-order valence-corrected chi connectivity index (χ3v) is 6.15. The van der Waals surface area contributed by atoms with Gasteiger partial charge in [-0.3, -0.25) is 14.5 Å². The first-order valence-electron chi connectivity index (χ1n) is 10.3. The van der Waals surface area contributed by atoms with Crippen molar-refractivity contribution >= 4 is 11.9 Å². The summed E-state index contributed by atoms with van der Waals surface area (Å²) in [6.45, 7) is 4.65. The van der Waals surface area contributed by atoms with Gasteiger partial charge in [0.05, 0.1) is 13.5 Å². The number of ether oxygens (including phenoxy) is 1. The summed E-state index contributed by atoms with van der Waals surface area (Å²) < 4.78 is 4.62. The number of methoxy groups -OCH3 is 1. The van der Waals surface area contributed by atoms with Crippen LogP contribution in [0, 0.1) is 11.8 Å². The summed E-state index contributed by atoms with van der Waals surface area (Å²) in [4.78, 5) is 28.0. The van der Waals surface area contributed by atoms with Gasteiger partial charge in [-0.15, -0.1) is 0 Å². The second-order valence-corrected chi connectivity index (χ2v) is 8.15. The number of amides is 1. The smallest absolute Gasteiger partial charge is 0.306 e. The highest BCUT2D eigenvalue weighted by atomic mass is 16.5. The van der Waals surface area contributed by atoms with Gasteiger partial charge in [0.2, 0.25) is 5.91 Å². The van der Waals surface area contributed by atoms with Gasteiger partial charge in [0, 0.05) is 39.1 Å². The van der Waals surface area contributed by atoms with Crippen LogP contribution in [0.4, 0.5) is 0 Å². The van der Waals surface area contributed by atoms with E-state index in [0.29, 0.717) is 11.8 Å². The number of hydrogen-bond acceptors (Lipinski definition) is 4. The van der Waals surface area contributed by atoms with Crippen molar-refractivity contribution in [2.45, 2.75) is 19.4 Å². The molecule has 0 aromatic heterocycles. The van der Waals surface area contributed by atoms with E-state index in [4.69, 9.17) is 0 Å². The number of likely N-dealkylation sites (tertiary alicyclic amines) is 2. The Hall–Kier alpha value is -2.66. The molecule has 0 aliphatic carbocycles. The SMILES string of the molecule is COC(=O)CCC(=O)N1CC2CN(Cc3ccc(-c4ccccc4)cc3)CC2C1. The second-order valence-electron chi connectivity index (χ2n) is 8.15. The van der Waals surface area contributed by atoms with E-state index in [1.54, 1.807) is 0 Å². The van der Waals surface area contributed by atoms with Crippen LogP contribution < -0.4 is 0 Å². The zero-order valence-corrected chi connectivity index (χ0v) is 16.9. The Labute approximate surface area is 172 Å². The summed E-state index contributed by atoms with van der Waals surface area (Å²) in [6, 6.07) is 19.3. The van der Waals surface area contributed by atoms with Crippen LogP contribution >= 0.6 is 0 Å². The number of benzene rings is 2.